The lowest BCUT2D eigenvalue weighted by Gasteiger charge is -2.15. The van der Waals surface area contributed by atoms with Gasteiger partial charge < -0.3 is 10.6 Å². The van der Waals surface area contributed by atoms with Gasteiger partial charge in [0.15, 0.2) is 0 Å². The second-order valence-electron chi connectivity index (χ2n) is 5.11. The molecule has 1 heterocycles. The second kappa shape index (κ2) is 2.96. The first kappa shape index (κ1) is 8.72. The van der Waals surface area contributed by atoms with Gasteiger partial charge in [0.2, 0.25) is 5.91 Å². The van der Waals surface area contributed by atoms with E-state index >= 15 is 0 Å². The van der Waals surface area contributed by atoms with Crippen molar-refractivity contribution in [1.82, 2.24) is 4.90 Å². The largest absolute Gasteiger partial charge is 0.338 e. The number of nitrogens with zero attached hydrogens (tertiary/aromatic N) is 1. The second-order valence-corrected chi connectivity index (χ2v) is 5.11. The van der Waals surface area contributed by atoms with Gasteiger partial charge in [-0.2, -0.15) is 0 Å². The van der Waals surface area contributed by atoms with Crippen LogP contribution in [0.2, 0.25) is 0 Å². The van der Waals surface area contributed by atoms with Gasteiger partial charge in [0.1, 0.15) is 0 Å². The van der Waals surface area contributed by atoms with Gasteiger partial charge in [-0.3, -0.25) is 4.79 Å². The Labute approximate surface area is 84.6 Å². The van der Waals surface area contributed by atoms with E-state index in [1.165, 1.54) is 25.7 Å². The zero-order chi connectivity index (χ0) is 9.71. The molecule has 3 unspecified atom stereocenters. The molecule has 0 radical (unpaired) electrons. The molecular formula is C11H18N2O. The molecule has 3 heteroatoms. The molecule has 0 bridgehead atoms. The minimum Gasteiger partial charge on any atom is -0.338 e. The van der Waals surface area contributed by atoms with Gasteiger partial charge in [-0.1, -0.05) is 12.8 Å². The zero-order valence-corrected chi connectivity index (χ0v) is 8.48. The first-order valence-corrected chi connectivity index (χ1v) is 5.82. The standard InChI is InChI=1S/C11H18N2O/c12-7-5-10(14)13(6-7)11-8-3-1-2-4-9(8)11/h7-9,11H,1-6,12H2. The van der Waals surface area contributed by atoms with Crippen LogP contribution in [0.3, 0.4) is 0 Å². The van der Waals surface area contributed by atoms with Crippen LogP contribution in [0.5, 0.6) is 0 Å². The molecule has 3 atom stereocenters. The summed E-state index contributed by atoms with van der Waals surface area (Å²) >= 11 is 0. The summed E-state index contributed by atoms with van der Waals surface area (Å²) in [5.74, 6) is 1.97. The van der Waals surface area contributed by atoms with E-state index in [9.17, 15) is 4.79 Å². The zero-order valence-electron chi connectivity index (χ0n) is 8.48. The first-order valence-electron chi connectivity index (χ1n) is 5.82. The molecule has 3 nitrogen and oxygen atoms in total. The number of carbonyl (C=O) groups is 1. The third-order valence-corrected chi connectivity index (χ3v) is 4.16. The number of likely N-dealkylation sites (tertiary alicyclic amines) is 1. The summed E-state index contributed by atoms with van der Waals surface area (Å²) in [7, 11) is 0. The maximum Gasteiger partial charge on any atom is 0.224 e. The fraction of sp³-hybridized carbons (Fsp3) is 0.909. The Morgan fingerprint density at radius 2 is 1.86 bits per heavy atom. The van der Waals surface area contributed by atoms with Crippen molar-refractivity contribution in [1.29, 1.82) is 0 Å². The average molecular weight is 194 g/mol. The van der Waals surface area contributed by atoms with Gasteiger partial charge in [-0.25, -0.2) is 0 Å². The van der Waals surface area contributed by atoms with Crippen LogP contribution < -0.4 is 5.73 Å². The van der Waals surface area contributed by atoms with Crippen molar-refractivity contribution in [3.8, 4) is 0 Å². The van der Waals surface area contributed by atoms with Crippen LogP contribution in [0, 0.1) is 11.8 Å². The Morgan fingerprint density at radius 3 is 2.36 bits per heavy atom. The monoisotopic (exact) mass is 194 g/mol. The molecule has 2 aliphatic carbocycles. The summed E-state index contributed by atoms with van der Waals surface area (Å²) in [6.07, 6.45) is 6.00. The smallest absolute Gasteiger partial charge is 0.224 e. The van der Waals surface area contributed by atoms with E-state index in [0.29, 0.717) is 18.4 Å². The molecule has 3 rings (SSSR count). The summed E-state index contributed by atoms with van der Waals surface area (Å²) in [5.41, 5.74) is 5.81. The molecule has 0 aromatic carbocycles. The van der Waals surface area contributed by atoms with Crippen molar-refractivity contribution in [2.75, 3.05) is 6.54 Å². The van der Waals surface area contributed by atoms with Crippen molar-refractivity contribution in [3.63, 3.8) is 0 Å². The molecule has 78 valence electrons. The van der Waals surface area contributed by atoms with Gasteiger partial charge in [0, 0.05) is 25.0 Å². The van der Waals surface area contributed by atoms with E-state index in [-0.39, 0.29) is 6.04 Å². The molecule has 2 saturated carbocycles. The predicted octanol–water partition coefficient (Wildman–Crippen LogP) is 0.735. The molecule has 0 aromatic heterocycles. The van der Waals surface area contributed by atoms with Crippen LogP contribution in [0.25, 0.3) is 0 Å². The van der Waals surface area contributed by atoms with Crippen LogP contribution in [0.4, 0.5) is 0 Å². The Kier molecular flexibility index (Phi) is 1.84. The Hall–Kier alpha value is -0.570. The lowest BCUT2D eigenvalue weighted by Crippen LogP contribution is -2.31. The van der Waals surface area contributed by atoms with Gasteiger partial charge in [0.25, 0.3) is 0 Å². The van der Waals surface area contributed by atoms with Crippen LogP contribution >= 0.6 is 0 Å². The molecule has 2 N–H and O–H groups in total. The van der Waals surface area contributed by atoms with E-state index in [1.807, 2.05) is 0 Å². The molecule has 3 aliphatic rings. The number of amides is 1. The highest BCUT2D eigenvalue weighted by Crippen LogP contribution is 2.53. The van der Waals surface area contributed by atoms with E-state index < -0.39 is 0 Å². The molecule has 0 spiro atoms. The number of hydrogen-bond donors (Lipinski definition) is 1. The minimum atomic E-state index is 0.102. The fourth-order valence-corrected chi connectivity index (χ4v) is 3.47. The predicted molar refractivity (Wildman–Crippen MR) is 53.5 cm³/mol. The van der Waals surface area contributed by atoms with E-state index in [0.717, 1.165) is 18.4 Å². The fourth-order valence-electron chi connectivity index (χ4n) is 3.47. The highest BCUT2D eigenvalue weighted by molar-refractivity contribution is 5.80. The summed E-state index contributed by atoms with van der Waals surface area (Å²) in [4.78, 5) is 13.7. The number of carbonyl (C=O) groups excluding carboxylic acids is 1. The summed E-state index contributed by atoms with van der Waals surface area (Å²) < 4.78 is 0. The van der Waals surface area contributed by atoms with E-state index in [1.54, 1.807) is 0 Å². The Bertz CT molecular complexity index is 254. The SMILES string of the molecule is NC1CC(=O)N(C2C3CCCCC32)C1. The van der Waals surface area contributed by atoms with Crippen LogP contribution in [0.15, 0.2) is 0 Å². The first-order chi connectivity index (χ1) is 6.77. The minimum absolute atomic E-state index is 0.102. The normalized spacial score (nSPS) is 46.6. The van der Waals surface area contributed by atoms with Crippen molar-refractivity contribution in [3.05, 3.63) is 0 Å². The summed E-state index contributed by atoms with van der Waals surface area (Å²) in [5, 5.41) is 0. The summed E-state index contributed by atoms with van der Waals surface area (Å²) in [6.45, 7) is 0.816. The van der Waals surface area contributed by atoms with Gasteiger partial charge in [-0.15, -0.1) is 0 Å². The van der Waals surface area contributed by atoms with Gasteiger partial charge in [0.05, 0.1) is 0 Å². The third kappa shape index (κ3) is 1.18. The van der Waals surface area contributed by atoms with Crippen molar-refractivity contribution in [2.24, 2.45) is 17.6 Å². The number of fused-ring (bicyclic) bond motifs is 1. The molecule has 1 amide bonds. The van der Waals surface area contributed by atoms with Crippen molar-refractivity contribution < 1.29 is 4.79 Å². The maximum atomic E-state index is 11.7. The Morgan fingerprint density at radius 1 is 1.21 bits per heavy atom. The molecule has 1 saturated heterocycles. The lowest BCUT2D eigenvalue weighted by atomic mass is 10.0. The summed E-state index contributed by atoms with van der Waals surface area (Å²) in [6, 6.07) is 0.684. The maximum absolute atomic E-state index is 11.7. The van der Waals surface area contributed by atoms with Crippen LogP contribution in [-0.2, 0) is 4.79 Å². The highest BCUT2D eigenvalue weighted by Gasteiger charge is 2.56. The lowest BCUT2D eigenvalue weighted by molar-refractivity contribution is -0.128. The third-order valence-electron chi connectivity index (χ3n) is 4.16. The van der Waals surface area contributed by atoms with Crippen LogP contribution in [0.1, 0.15) is 32.1 Å². The van der Waals surface area contributed by atoms with E-state index in [4.69, 9.17) is 5.73 Å². The van der Waals surface area contributed by atoms with Crippen molar-refractivity contribution in [2.45, 2.75) is 44.2 Å². The average Bonchev–Trinajstić information content (AvgIpc) is 2.79. The van der Waals surface area contributed by atoms with Crippen LogP contribution in [-0.4, -0.2) is 29.4 Å². The van der Waals surface area contributed by atoms with Gasteiger partial charge >= 0.3 is 0 Å². The molecule has 3 fully saturated rings. The molecule has 1 aliphatic heterocycles. The number of rotatable bonds is 1. The number of hydrogen-bond acceptors (Lipinski definition) is 2. The van der Waals surface area contributed by atoms with E-state index in [2.05, 4.69) is 4.90 Å². The highest BCUT2D eigenvalue weighted by atomic mass is 16.2. The van der Waals surface area contributed by atoms with Crippen molar-refractivity contribution >= 4 is 5.91 Å². The van der Waals surface area contributed by atoms with Gasteiger partial charge in [-0.05, 0) is 24.7 Å². The quantitative estimate of drug-likeness (QED) is 0.669. The Balaban J connectivity index is 1.69. The molecule has 0 aromatic rings. The number of nitrogens with two attached hydrogens (primary N) is 1. The molecule has 14 heavy (non-hydrogen) atoms. The molecular weight excluding hydrogens is 176 g/mol. The topological polar surface area (TPSA) is 46.3 Å².